The van der Waals surface area contributed by atoms with E-state index >= 15 is 0 Å². The summed E-state index contributed by atoms with van der Waals surface area (Å²) in [7, 11) is 0. The molecule has 1 saturated heterocycles. The van der Waals surface area contributed by atoms with E-state index in [0.717, 1.165) is 37.1 Å². The second-order valence-electron chi connectivity index (χ2n) is 5.74. The molecule has 0 unspecified atom stereocenters. The number of benzene rings is 1. The minimum atomic E-state index is -0.200. The summed E-state index contributed by atoms with van der Waals surface area (Å²) < 4.78 is 5.95. The average Bonchev–Trinajstić information content (AvgIpc) is 2.87. The largest absolute Gasteiger partial charge is 0.444 e. The quantitative estimate of drug-likeness (QED) is 0.777. The maximum Gasteiger partial charge on any atom is 0.414 e. The van der Waals surface area contributed by atoms with Crippen molar-refractivity contribution in [3.8, 4) is 0 Å². The molecule has 2 aliphatic heterocycles. The van der Waals surface area contributed by atoms with Crippen LogP contribution >= 0.6 is 23.5 Å². The van der Waals surface area contributed by atoms with E-state index < -0.39 is 0 Å². The molecule has 2 heterocycles. The number of hydrogen-bond acceptors (Lipinski definition) is 4. The fourth-order valence-electron chi connectivity index (χ4n) is 2.78. The van der Waals surface area contributed by atoms with Gasteiger partial charge in [0.15, 0.2) is 0 Å². The van der Waals surface area contributed by atoms with Crippen LogP contribution in [0.15, 0.2) is 42.1 Å². The van der Waals surface area contributed by atoms with Gasteiger partial charge in [0.2, 0.25) is 0 Å². The Morgan fingerprint density at radius 3 is 2.70 bits per heavy atom. The molecule has 0 saturated carbocycles. The van der Waals surface area contributed by atoms with E-state index in [-0.39, 0.29) is 6.09 Å². The lowest BCUT2D eigenvalue weighted by Crippen LogP contribution is -2.35. The van der Waals surface area contributed by atoms with Gasteiger partial charge in [0.1, 0.15) is 6.61 Å². The van der Waals surface area contributed by atoms with Gasteiger partial charge in [0.05, 0.1) is 4.58 Å². The fourth-order valence-corrected chi connectivity index (χ4v) is 5.76. The van der Waals surface area contributed by atoms with Crippen molar-refractivity contribution in [1.29, 1.82) is 0 Å². The van der Waals surface area contributed by atoms with Crippen molar-refractivity contribution in [2.24, 2.45) is 0 Å². The molecule has 0 atom stereocenters. The highest BCUT2D eigenvalue weighted by Gasteiger charge is 2.29. The molecule has 0 radical (unpaired) electrons. The van der Waals surface area contributed by atoms with Crippen LogP contribution < -0.4 is 0 Å². The summed E-state index contributed by atoms with van der Waals surface area (Å²) in [4.78, 5) is 14.5. The van der Waals surface area contributed by atoms with Gasteiger partial charge in [-0.1, -0.05) is 36.4 Å². The highest BCUT2D eigenvalue weighted by molar-refractivity contribution is 8.17. The lowest BCUT2D eigenvalue weighted by Gasteiger charge is -2.30. The van der Waals surface area contributed by atoms with Crippen LogP contribution in [0.4, 0.5) is 4.79 Å². The zero-order chi connectivity index (χ0) is 15.9. The molecule has 3 nitrogen and oxygen atoms in total. The second kappa shape index (κ2) is 8.69. The minimum absolute atomic E-state index is 0.200. The standard InChI is InChI=1S/C18H23NO2S2/c20-18(21-14-15-8-3-1-4-9-15)19-11-6-2-5-10-16(19)17-22-12-7-13-23-17/h1,3-4,8-10,17H,2,5-7,11-14H2. The first kappa shape index (κ1) is 16.8. The smallest absolute Gasteiger partial charge is 0.414 e. The van der Waals surface area contributed by atoms with E-state index in [1.165, 1.54) is 17.9 Å². The third-order valence-corrected chi connectivity index (χ3v) is 6.95. The van der Waals surface area contributed by atoms with Crippen molar-refractivity contribution < 1.29 is 9.53 Å². The number of amides is 1. The predicted octanol–water partition coefficient (Wildman–Crippen LogP) is 4.89. The normalized spacial score (nSPS) is 19.8. The Morgan fingerprint density at radius 1 is 1.13 bits per heavy atom. The molecule has 0 bridgehead atoms. The Hall–Kier alpha value is -1.07. The average molecular weight is 350 g/mol. The third kappa shape index (κ3) is 4.70. The van der Waals surface area contributed by atoms with Gasteiger partial charge in [0, 0.05) is 12.2 Å². The van der Waals surface area contributed by atoms with Crippen LogP contribution in [-0.4, -0.2) is 33.6 Å². The zero-order valence-corrected chi connectivity index (χ0v) is 14.9. The van der Waals surface area contributed by atoms with E-state index in [9.17, 15) is 4.79 Å². The van der Waals surface area contributed by atoms with Crippen molar-refractivity contribution in [3.63, 3.8) is 0 Å². The summed E-state index contributed by atoms with van der Waals surface area (Å²) in [6, 6.07) is 9.88. The number of allylic oxidation sites excluding steroid dienone is 1. The zero-order valence-electron chi connectivity index (χ0n) is 13.3. The first-order valence-electron chi connectivity index (χ1n) is 8.26. The van der Waals surface area contributed by atoms with Crippen LogP contribution in [-0.2, 0) is 11.3 Å². The van der Waals surface area contributed by atoms with Crippen molar-refractivity contribution in [2.75, 3.05) is 18.1 Å². The van der Waals surface area contributed by atoms with Crippen molar-refractivity contribution in [3.05, 3.63) is 47.7 Å². The van der Waals surface area contributed by atoms with Gasteiger partial charge in [-0.3, -0.25) is 4.90 Å². The van der Waals surface area contributed by atoms with E-state index in [0.29, 0.717) is 11.2 Å². The van der Waals surface area contributed by atoms with Crippen LogP contribution in [0, 0.1) is 0 Å². The number of carbonyl (C=O) groups excluding carboxylic acids is 1. The van der Waals surface area contributed by atoms with Crippen molar-refractivity contribution in [1.82, 2.24) is 4.90 Å². The Bertz CT molecular complexity index is 541. The van der Waals surface area contributed by atoms with Crippen LogP contribution in [0.25, 0.3) is 0 Å². The lowest BCUT2D eigenvalue weighted by molar-refractivity contribution is 0.107. The summed E-state index contributed by atoms with van der Waals surface area (Å²) in [5.74, 6) is 2.36. The Balaban J connectivity index is 1.65. The summed E-state index contributed by atoms with van der Waals surface area (Å²) >= 11 is 3.92. The van der Waals surface area contributed by atoms with Crippen LogP contribution in [0.2, 0.25) is 0 Å². The summed E-state index contributed by atoms with van der Waals surface area (Å²) in [5.41, 5.74) is 2.19. The Morgan fingerprint density at radius 2 is 1.91 bits per heavy atom. The van der Waals surface area contributed by atoms with Gasteiger partial charge in [-0.25, -0.2) is 4.79 Å². The fraction of sp³-hybridized carbons (Fsp3) is 0.500. The maximum absolute atomic E-state index is 12.6. The highest BCUT2D eigenvalue weighted by atomic mass is 32.2. The summed E-state index contributed by atoms with van der Waals surface area (Å²) in [6.45, 7) is 1.12. The van der Waals surface area contributed by atoms with Gasteiger partial charge >= 0.3 is 6.09 Å². The molecule has 1 amide bonds. The molecule has 0 spiro atoms. The number of hydrogen-bond donors (Lipinski definition) is 0. The molecule has 1 aromatic carbocycles. The van der Waals surface area contributed by atoms with E-state index in [1.807, 2.05) is 58.8 Å². The molecule has 1 fully saturated rings. The molecule has 2 aliphatic rings. The first-order chi connectivity index (χ1) is 11.3. The minimum Gasteiger partial charge on any atom is -0.444 e. The number of nitrogens with zero attached hydrogens (tertiary/aromatic N) is 1. The van der Waals surface area contributed by atoms with Gasteiger partial charge in [-0.2, -0.15) is 0 Å². The van der Waals surface area contributed by atoms with Gasteiger partial charge < -0.3 is 4.74 Å². The molecule has 23 heavy (non-hydrogen) atoms. The van der Waals surface area contributed by atoms with Gasteiger partial charge in [-0.15, -0.1) is 23.5 Å². The van der Waals surface area contributed by atoms with Gasteiger partial charge in [-0.05, 0) is 42.8 Å². The second-order valence-corrected chi connectivity index (χ2v) is 8.47. The summed E-state index contributed by atoms with van der Waals surface area (Å²) in [5, 5.41) is 0. The number of thioether (sulfide) groups is 2. The van der Waals surface area contributed by atoms with E-state index in [4.69, 9.17) is 4.74 Å². The Labute approximate surface area is 146 Å². The molecule has 0 N–H and O–H groups in total. The molecule has 0 aliphatic carbocycles. The lowest BCUT2D eigenvalue weighted by atomic mass is 10.2. The Kier molecular flexibility index (Phi) is 6.34. The summed E-state index contributed by atoms with van der Waals surface area (Å²) in [6.07, 6.45) is 6.57. The molecular formula is C18H23NO2S2. The van der Waals surface area contributed by atoms with E-state index in [1.54, 1.807) is 0 Å². The number of ether oxygens (including phenoxy) is 1. The highest BCUT2D eigenvalue weighted by Crippen LogP contribution is 2.38. The monoisotopic (exact) mass is 349 g/mol. The van der Waals surface area contributed by atoms with Gasteiger partial charge in [0.25, 0.3) is 0 Å². The third-order valence-electron chi connectivity index (χ3n) is 4.00. The molecule has 5 heteroatoms. The van der Waals surface area contributed by atoms with Crippen molar-refractivity contribution >= 4 is 29.6 Å². The molecule has 1 aromatic rings. The topological polar surface area (TPSA) is 29.5 Å². The molecule has 124 valence electrons. The van der Waals surface area contributed by atoms with Crippen LogP contribution in [0.5, 0.6) is 0 Å². The maximum atomic E-state index is 12.6. The predicted molar refractivity (Wildman–Crippen MR) is 98.6 cm³/mol. The SMILES string of the molecule is O=C(OCc1ccccc1)N1CCCCC=C1C1SCCCS1. The molecule has 0 aromatic heterocycles. The number of carbonyl (C=O) groups is 1. The van der Waals surface area contributed by atoms with E-state index in [2.05, 4.69) is 6.08 Å². The molecular weight excluding hydrogens is 326 g/mol. The number of rotatable bonds is 3. The van der Waals surface area contributed by atoms with Crippen molar-refractivity contribution in [2.45, 2.75) is 36.9 Å². The van der Waals surface area contributed by atoms with Crippen LogP contribution in [0.3, 0.4) is 0 Å². The first-order valence-corrected chi connectivity index (χ1v) is 10.4. The van der Waals surface area contributed by atoms with Crippen LogP contribution in [0.1, 0.15) is 31.2 Å². The molecule has 3 rings (SSSR count).